The van der Waals surface area contributed by atoms with Crippen molar-refractivity contribution in [3.8, 4) is 0 Å². The zero-order valence-corrected chi connectivity index (χ0v) is 11.6. The number of aryl methyl sites for hydroxylation is 2. The largest absolute Gasteiger partial charge is 0.356 e. The SMILES string of the molecule is CNCC(C)C(=O)NCCCCn1ccnc1C. The number of amides is 1. The van der Waals surface area contributed by atoms with Gasteiger partial charge < -0.3 is 15.2 Å². The summed E-state index contributed by atoms with van der Waals surface area (Å²) in [7, 11) is 1.86. The van der Waals surface area contributed by atoms with Gasteiger partial charge in [0.1, 0.15) is 5.82 Å². The summed E-state index contributed by atoms with van der Waals surface area (Å²) in [6.07, 6.45) is 5.85. The Morgan fingerprint density at radius 2 is 2.28 bits per heavy atom. The maximum atomic E-state index is 11.6. The number of imidazole rings is 1. The molecular weight excluding hydrogens is 228 g/mol. The number of nitrogens with one attached hydrogen (secondary N) is 2. The fraction of sp³-hybridized carbons (Fsp3) is 0.692. The van der Waals surface area contributed by atoms with E-state index in [1.54, 1.807) is 0 Å². The summed E-state index contributed by atoms with van der Waals surface area (Å²) in [5, 5.41) is 5.96. The third-order valence-electron chi connectivity index (χ3n) is 3.01. The van der Waals surface area contributed by atoms with E-state index in [0.29, 0.717) is 0 Å². The summed E-state index contributed by atoms with van der Waals surface area (Å²) in [5.74, 6) is 1.20. The number of carbonyl (C=O) groups excluding carboxylic acids is 1. The van der Waals surface area contributed by atoms with E-state index in [0.717, 1.165) is 38.3 Å². The van der Waals surface area contributed by atoms with Crippen LogP contribution in [0.5, 0.6) is 0 Å². The smallest absolute Gasteiger partial charge is 0.224 e. The second kappa shape index (κ2) is 7.87. The molecule has 0 saturated heterocycles. The summed E-state index contributed by atoms with van der Waals surface area (Å²) in [6.45, 7) is 6.37. The van der Waals surface area contributed by atoms with Gasteiger partial charge >= 0.3 is 0 Å². The molecule has 1 unspecified atom stereocenters. The van der Waals surface area contributed by atoms with Crippen LogP contribution in [0.15, 0.2) is 12.4 Å². The van der Waals surface area contributed by atoms with Crippen LogP contribution in [0.25, 0.3) is 0 Å². The Labute approximate surface area is 109 Å². The summed E-state index contributed by atoms with van der Waals surface area (Å²) in [5.41, 5.74) is 0. The molecule has 0 fully saturated rings. The summed E-state index contributed by atoms with van der Waals surface area (Å²) >= 11 is 0. The first kappa shape index (κ1) is 14.7. The molecule has 1 rings (SSSR count). The Hall–Kier alpha value is -1.36. The first-order chi connectivity index (χ1) is 8.65. The lowest BCUT2D eigenvalue weighted by Gasteiger charge is -2.11. The minimum Gasteiger partial charge on any atom is -0.356 e. The van der Waals surface area contributed by atoms with E-state index in [-0.39, 0.29) is 11.8 Å². The molecule has 0 saturated carbocycles. The van der Waals surface area contributed by atoms with E-state index in [1.807, 2.05) is 33.3 Å². The lowest BCUT2D eigenvalue weighted by Crippen LogP contribution is -2.34. The number of aromatic nitrogens is 2. The molecule has 1 amide bonds. The van der Waals surface area contributed by atoms with Crippen LogP contribution in [0.4, 0.5) is 0 Å². The van der Waals surface area contributed by atoms with E-state index >= 15 is 0 Å². The predicted octanol–water partition coefficient (Wildman–Crippen LogP) is 0.943. The molecule has 1 heterocycles. The van der Waals surface area contributed by atoms with Crippen molar-refractivity contribution >= 4 is 5.91 Å². The van der Waals surface area contributed by atoms with E-state index in [4.69, 9.17) is 0 Å². The Morgan fingerprint density at radius 1 is 1.50 bits per heavy atom. The van der Waals surface area contributed by atoms with Gasteiger partial charge in [-0.1, -0.05) is 6.92 Å². The molecule has 0 aliphatic carbocycles. The molecule has 1 aromatic rings. The standard InChI is InChI=1S/C13H24N4O/c1-11(10-14-3)13(18)16-6-4-5-8-17-9-7-15-12(17)2/h7,9,11,14H,4-6,8,10H2,1-3H3,(H,16,18). The van der Waals surface area contributed by atoms with Gasteiger partial charge in [0, 0.05) is 37.9 Å². The van der Waals surface area contributed by atoms with E-state index in [9.17, 15) is 4.79 Å². The van der Waals surface area contributed by atoms with Crippen LogP contribution >= 0.6 is 0 Å². The third kappa shape index (κ3) is 4.87. The Balaban J connectivity index is 2.08. The molecule has 0 bridgehead atoms. The second-order valence-electron chi connectivity index (χ2n) is 4.62. The first-order valence-corrected chi connectivity index (χ1v) is 6.55. The summed E-state index contributed by atoms with van der Waals surface area (Å²) in [4.78, 5) is 15.8. The summed E-state index contributed by atoms with van der Waals surface area (Å²) < 4.78 is 2.13. The fourth-order valence-corrected chi connectivity index (χ4v) is 1.83. The van der Waals surface area contributed by atoms with Crippen LogP contribution in [-0.4, -0.2) is 35.6 Å². The van der Waals surface area contributed by atoms with Gasteiger partial charge in [0.25, 0.3) is 0 Å². The number of unbranched alkanes of at least 4 members (excludes halogenated alkanes) is 1. The number of nitrogens with zero attached hydrogens (tertiary/aromatic N) is 2. The van der Waals surface area contributed by atoms with Gasteiger partial charge in [-0.25, -0.2) is 4.98 Å². The van der Waals surface area contributed by atoms with Gasteiger partial charge in [-0.3, -0.25) is 4.79 Å². The highest BCUT2D eigenvalue weighted by Gasteiger charge is 2.10. The molecule has 5 nitrogen and oxygen atoms in total. The third-order valence-corrected chi connectivity index (χ3v) is 3.01. The normalized spacial score (nSPS) is 12.4. The highest BCUT2D eigenvalue weighted by molar-refractivity contribution is 5.78. The van der Waals surface area contributed by atoms with Crippen LogP contribution in [0.2, 0.25) is 0 Å². The molecule has 0 aromatic carbocycles. The monoisotopic (exact) mass is 252 g/mol. The van der Waals surface area contributed by atoms with Gasteiger partial charge in [0.2, 0.25) is 5.91 Å². The first-order valence-electron chi connectivity index (χ1n) is 6.55. The van der Waals surface area contributed by atoms with Crippen LogP contribution < -0.4 is 10.6 Å². The topological polar surface area (TPSA) is 59.0 Å². The number of hydrogen-bond donors (Lipinski definition) is 2. The highest BCUT2D eigenvalue weighted by atomic mass is 16.1. The number of rotatable bonds is 8. The van der Waals surface area contributed by atoms with Crippen molar-refractivity contribution in [1.82, 2.24) is 20.2 Å². The number of hydrogen-bond acceptors (Lipinski definition) is 3. The molecule has 0 aliphatic rings. The average Bonchev–Trinajstić information content (AvgIpc) is 2.74. The van der Waals surface area contributed by atoms with Crippen LogP contribution in [0.1, 0.15) is 25.6 Å². The molecule has 18 heavy (non-hydrogen) atoms. The molecular formula is C13H24N4O. The van der Waals surface area contributed by atoms with Crippen molar-refractivity contribution in [2.24, 2.45) is 5.92 Å². The molecule has 2 N–H and O–H groups in total. The minimum atomic E-state index is 0.0332. The fourth-order valence-electron chi connectivity index (χ4n) is 1.83. The van der Waals surface area contributed by atoms with E-state index in [1.165, 1.54) is 0 Å². The zero-order valence-electron chi connectivity index (χ0n) is 11.6. The van der Waals surface area contributed by atoms with Crippen LogP contribution in [-0.2, 0) is 11.3 Å². The van der Waals surface area contributed by atoms with Crippen molar-refractivity contribution < 1.29 is 4.79 Å². The van der Waals surface area contributed by atoms with E-state index < -0.39 is 0 Å². The summed E-state index contributed by atoms with van der Waals surface area (Å²) in [6, 6.07) is 0. The maximum absolute atomic E-state index is 11.6. The molecule has 102 valence electrons. The molecule has 0 radical (unpaired) electrons. The molecule has 5 heteroatoms. The maximum Gasteiger partial charge on any atom is 0.224 e. The Kier molecular flexibility index (Phi) is 6.43. The van der Waals surface area contributed by atoms with Gasteiger partial charge in [0.05, 0.1) is 0 Å². The van der Waals surface area contributed by atoms with E-state index in [2.05, 4.69) is 20.2 Å². The van der Waals surface area contributed by atoms with Gasteiger partial charge in [0.15, 0.2) is 0 Å². The quantitative estimate of drug-likeness (QED) is 0.677. The van der Waals surface area contributed by atoms with Crippen molar-refractivity contribution in [3.63, 3.8) is 0 Å². The van der Waals surface area contributed by atoms with Crippen molar-refractivity contribution in [3.05, 3.63) is 18.2 Å². The minimum absolute atomic E-state index is 0.0332. The lowest BCUT2D eigenvalue weighted by atomic mass is 10.1. The second-order valence-corrected chi connectivity index (χ2v) is 4.62. The Bertz CT molecular complexity index is 362. The van der Waals surface area contributed by atoms with Crippen molar-refractivity contribution in [1.29, 1.82) is 0 Å². The molecule has 0 aliphatic heterocycles. The lowest BCUT2D eigenvalue weighted by molar-refractivity contribution is -0.124. The highest BCUT2D eigenvalue weighted by Crippen LogP contribution is 1.99. The average molecular weight is 252 g/mol. The van der Waals surface area contributed by atoms with Gasteiger partial charge in [-0.2, -0.15) is 0 Å². The van der Waals surface area contributed by atoms with Crippen LogP contribution in [0.3, 0.4) is 0 Å². The molecule has 0 spiro atoms. The van der Waals surface area contributed by atoms with Crippen molar-refractivity contribution in [2.75, 3.05) is 20.1 Å². The molecule has 1 atom stereocenters. The predicted molar refractivity (Wildman–Crippen MR) is 72.3 cm³/mol. The number of carbonyl (C=O) groups is 1. The van der Waals surface area contributed by atoms with Gasteiger partial charge in [-0.05, 0) is 26.8 Å². The van der Waals surface area contributed by atoms with Gasteiger partial charge in [-0.15, -0.1) is 0 Å². The van der Waals surface area contributed by atoms with Crippen molar-refractivity contribution in [2.45, 2.75) is 33.2 Å². The molecule has 1 aromatic heterocycles. The van der Waals surface area contributed by atoms with Crippen LogP contribution in [0, 0.1) is 12.8 Å². The zero-order chi connectivity index (χ0) is 13.4. The Morgan fingerprint density at radius 3 is 2.89 bits per heavy atom.